The lowest BCUT2D eigenvalue weighted by Crippen LogP contribution is -2.60. The summed E-state index contributed by atoms with van der Waals surface area (Å²) in [5.41, 5.74) is 1.82. The number of likely N-dealkylation sites (tertiary alicyclic amines) is 1. The number of benzene rings is 1. The molecular weight excluding hydrogens is 352 g/mol. The molecule has 3 unspecified atom stereocenters. The van der Waals surface area contributed by atoms with Crippen molar-refractivity contribution in [3.8, 4) is 5.75 Å². The zero-order chi connectivity index (χ0) is 19.4. The van der Waals surface area contributed by atoms with Gasteiger partial charge >= 0.3 is 0 Å². The highest BCUT2D eigenvalue weighted by molar-refractivity contribution is 5.94. The fourth-order valence-corrected chi connectivity index (χ4v) is 5.60. The summed E-state index contributed by atoms with van der Waals surface area (Å²) in [7, 11) is 0. The van der Waals surface area contributed by atoms with Crippen LogP contribution in [0.4, 0.5) is 0 Å². The quantitative estimate of drug-likeness (QED) is 0.889. The van der Waals surface area contributed by atoms with Gasteiger partial charge in [0.15, 0.2) is 0 Å². The molecule has 6 rings (SSSR count). The van der Waals surface area contributed by atoms with Crippen LogP contribution in [0.25, 0.3) is 0 Å². The van der Waals surface area contributed by atoms with Gasteiger partial charge in [-0.15, -0.1) is 0 Å². The number of hydrogen-bond donors (Lipinski definition) is 1. The van der Waals surface area contributed by atoms with Crippen molar-refractivity contribution in [2.75, 3.05) is 19.6 Å². The minimum absolute atomic E-state index is 0.0957. The Hall–Kier alpha value is -2.34. The first kappa shape index (κ1) is 17.7. The maximum absolute atomic E-state index is 13.5. The molecule has 3 atom stereocenters. The Bertz CT molecular complexity index is 884. The van der Waals surface area contributed by atoms with Gasteiger partial charge < -0.3 is 10.0 Å². The van der Waals surface area contributed by atoms with Crippen molar-refractivity contribution in [2.45, 2.75) is 50.7 Å². The van der Waals surface area contributed by atoms with Gasteiger partial charge in [-0.2, -0.15) is 5.10 Å². The highest BCUT2D eigenvalue weighted by Gasteiger charge is 2.54. The van der Waals surface area contributed by atoms with Crippen molar-refractivity contribution in [1.29, 1.82) is 0 Å². The van der Waals surface area contributed by atoms with Crippen LogP contribution in [-0.2, 0) is 0 Å². The van der Waals surface area contributed by atoms with E-state index in [1.807, 2.05) is 23.0 Å². The molecule has 4 saturated heterocycles. The van der Waals surface area contributed by atoms with E-state index in [1.54, 1.807) is 12.3 Å². The first-order valence-electron chi connectivity index (χ1n) is 10.4. The summed E-state index contributed by atoms with van der Waals surface area (Å²) >= 11 is 0. The van der Waals surface area contributed by atoms with Gasteiger partial charge in [-0.1, -0.05) is 12.1 Å². The monoisotopic (exact) mass is 380 g/mol. The van der Waals surface area contributed by atoms with Crippen LogP contribution in [0.3, 0.4) is 0 Å². The van der Waals surface area contributed by atoms with Gasteiger partial charge in [0.05, 0.1) is 17.8 Å². The third kappa shape index (κ3) is 2.73. The van der Waals surface area contributed by atoms with Gasteiger partial charge in [0.1, 0.15) is 5.75 Å². The second kappa shape index (κ2) is 6.62. The van der Waals surface area contributed by atoms with Crippen LogP contribution < -0.4 is 0 Å². The van der Waals surface area contributed by atoms with E-state index < -0.39 is 0 Å². The Morgan fingerprint density at radius 2 is 2.00 bits per heavy atom. The molecule has 4 aliphatic heterocycles. The molecule has 4 fully saturated rings. The third-order valence-corrected chi connectivity index (χ3v) is 6.93. The van der Waals surface area contributed by atoms with Crippen LogP contribution in [0.5, 0.6) is 5.75 Å². The molecule has 1 N–H and O–H groups in total. The van der Waals surface area contributed by atoms with Crippen molar-refractivity contribution in [2.24, 2.45) is 5.92 Å². The van der Waals surface area contributed by atoms with Crippen LogP contribution >= 0.6 is 0 Å². The second-order valence-electron chi connectivity index (χ2n) is 8.82. The number of phenols is 1. The summed E-state index contributed by atoms with van der Waals surface area (Å²) < 4.78 is 1.85. The fraction of sp³-hybridized carbons (Fsp3) is 0.545. The van der Waals surface area contributed by atoms with Crippen molar-refractivity contribution in [3.05, 3.63) is 47.8 Å². The van der Waals surface area contributed by atoms with E-state index in [1.165, 1.54) is 12.8 Å². The molecule has 6 heteroatoms. The summed E-state index contributed by atoms with van der Waals surface area (Å²) in [5, 5.41) is 14.4. The molecule has 5 heterocycles. The zero-order valence-electron chi connectivity index (χ0n) is 16.5. The van der Waals surface area contributed by atoms with E-state index in [4.69, 9.17) is 0 Å². The topological polar surface area (TPSA) is 61.6 Å². The lowest BCUT2D eigenvalue weighted by Gasteiger charge is -2.51. The predicted molar refractivity (Wildman–Crippen MR) is 106 cm³/mol. The van der Waals surface area contributed by atoms with Gasteiger partial charge in [-0.05, 0) is 63.4 Å². The number of nitrogens with zero attached hydrogens (tertiary/aromatic N) is 4. The van der Waals surface area contributed by atoms with E-state index >= 15 is 0 Å². The van der Waals surface area contributed by atoms with Gasteiger partial charge in [-0.3, -0.25) is 14.4 Å². The second-order valence-corrected chi connectivity index (χ2v) is 8.82. The average Bonchev–Trinajstić information content (AvgIpc) is 3.35. The first-order valence-corrected chi connectivity index (χ1v) is 10.4. The molecule has 2 aromatic rings. The molecule has 0 spiro atoms. The first-order chi connectivity index (χ1) is 13.5. The van der Waals surface area contributed by atoms with Crippen molar-refractivity contribution in [3.63, 3.8) is 0 Å². The molecule has 0 aliphatic carbocycles. The molecule has 4 aliphatic rings. The number of amides is 1. The Kier molecular flexibility index (Phi) is 4.19. The number of aromatic nitrogens is 2. The van der Waals surface area contributed by atoms with Gasteiger partial charge in [-0.25, -0.2) is 0 Å². The highest BCUT2D eigenvalue weighted by atomic mass is 16.3. The third-order valence-electron chi connectivity index (χ3n) is 6.93. The number of phenolic OH excluding ortho intramolecular Hbond substituents is 1. The van der Waals surface area contributed by atoms with E-state index in [9.17, 15) is 9.90 Å². The highest BCUT2D eigenvalue weighted by Crippen LogP contribution is 2.47. The molecule has 1 amide bonds. The fourth-order valence-electron chi connectivity index (χ4n) is 5.60. The van der Waals surface area contributed by atoms with Gasteiger partial charge in [0.25, 0.3) is 5.91 Å². The molecule has 1 aromatic heterocycles. The van der Waals surface area contributed by atoms with Crippen molar-refractivity contribution in [1.82, 2.24) is 19.6 Å². The Morgan fingerprint density at radius 3 is 2.68 bits per heavy atom. The Morgan fingerprint density at radius 1 is 1.21 bits per heavy atom. The summed E-state index contributed by atoms with van der Waals surface area (Å²) in [5.74, 6) is 1.21. The summed E-state index contributed by atoms with van der Waals surface area (Å²) in [6.45, 7) is 7.08. The van der Waals surface area contributed by atoms with Crippen LogP contribution in [0.2, 0.25) is 0 Å². The minimum atomic E-state index is 0.0957. The average molecular weight is 380 g/mol. The minimum Gasteiger partial charge on any atom is -0.508 e. The largest absolute Gasteiger partial charge is 0.508 e. The predicted octanol–water partition coefficient (Wildman–Crippen LogP) is 2.87. The van der Waals surface area contributed by atoms with Crippen LogP contribution in [0.15, 0.2) is 36.7 Å². The molecule has 1 aromatic carbocycles. The van der Waals surface area contributed by atoms with Crippen molar-refractivity contribution >= 4 is 5.91 Å². The number of fused-ring (bicyclic) bond motifs is 2. The van der Waals surface area contributed by atoms with E-state index in [-0.39, 0.29) is 23.9 Å². The lowest BCUT2D eigenvalue weighted by atomic mass is 9.75. The van der Waals surface area contributed by atoms with Crippen LogP contribution in [0, 0.1) is 5.92 Å². The normalized spacial score (nSPS) is 31.4. The van der Waals surface area contributed by atoms with E-state index in [2.05, 4.69) is 34.8 Å². The number of aromatic hydroxyl groups is 1. The Balaban J connectivity index is 1.50. The van der Waals surface area contributed by atoms with Gasteiger partial charge in [0.2, 0.25) is 0 Å². The van der Waals surface area contributed by atoms with E-state index in [0.29, 0.717) is 29.8 Å². The number of rotatable bonds is 3. The standard InChI is InChI=1S/C22H28N4O2/c1-14(2)26-12-17(11-23-26)22(28)25-13-19(16-4-3-5-18(27)10-16)21-20(25)15-6-8-24(21)9-7-15/h3-5,10-12,14-15,19-21,27H,6-9,13H2,1-2H3. The smallest absolute Gasteiger partial charge is 0.257 e. The molecule has 28 heavy (non-hydrogen) atoms. The van der Waals surface area contributed by atoms with Crippen LogP contribution in [-0.4, -0.2) is 62.3 Å². The molecule has 0 saturated carbocycles. The SMILES string of the molecule is CC(C)n1cc(C(=O)N2CC(c3cccc(O)c3)C3C2C2CCN3CC2)cn1. The summed E-state index contributed by atoms with van der Waals surface area (Å²) in [6, 6.07) is 8.43. The number of carbonyl (C=O) groups excluding carboxylic acids is 1. The molecule has 0 radical (unpaired) electrons. The molecule has 2 bridgehead atoms. The van der Waals surface area contributed by atoms with E-state index in [0.717, 1.165) is 18.7 Å². The van der Waals surface area contributed by atoms with Gasteiger partial charge in [0, 0.05) is 30.7 Å². The lowest BCUT2D eigenvalue weighted by molar-refractivity contribution is -0.00342. The van der Waals surface area contributed by atoms with Crippen molar-refractivity contribution < 1.29 is 9.90 Å². The molecule has 6 nitrogen and oxygen atoms in total. The summed E-state index contributed by atoms with van der Waals surface area (Å²) in [6.07, 6.45) is 5.93. The maximum atomic E-state index is 13.5. The number of piperidine rings is 3. The molecule has 148 valence electrons. The van der Waals surface area contributed by atoms with Crippen LogP contribution in [0.1, 0.15) is 54.6 Å². The number of carbonyl (C=O) groups is 1. The molecular formula is C22H28N4O2. The number of hydrogen-bond acceptors (Lipinski definition) is 4. The maximum Gasteiger partial charge on any atom is 0.257 e. The summed E-state index contributed by atoms with van der Waals surface area (Å²) in [4.78, 5) is 18.1. The zero-order valence-corrected chi connectivity index (χ0v) is 16.5. The Labute approximate surface area is 165 Å².